The Morgan fingerprint density at radius 1 is 1.42 bits per heavy atom. The Bertz CT molecular complexity index is 441. The molecule has 0 amide bonds. The van der Waals surface area contributed by atoms with E-state index in [1.54, 1.807) is 0 Å². The van der Waals surface area contributed by atoms with Crippen LogP contribution in [0.15, 0.2) is 12.1 Å². The first-order valence-electron chi connectivity index (χ1n) is 6.35. The quantitative estimate of drug-likeness (QED) is 0.632. The van der Waals surface area contributed by atoms with Crippen LogP contribution >= 0.6 is 0 Å². The summed E-state index contributed by atoms with van der Waals surface area (Å²) in [5.74, 6) is 0.747. The molecule has 0 fully saturated rings. The van der Waals surface area contributed by atoms with Crippen molar-refractivity contribution < 1.29 is 9.66 Å². The molecule has 6 heteroatoms. The minimum Gasteiger partial charge on any atom is -0.477 e. The molecule has 19 heavy (non-hydrogen) atoms. The molecule has 1 rings (SSSR count). The summed E-state index contributed by atoms with van der Waals surface area (Å²) in [6, 6.07) is 2.75. The molecule has 0 aliphatic rings. The van der Waals surface area contributed by atoms with Gasteiger partial charge in [0.25, 0.3) is 5.69 Å². The summed E-state index contributed by atoms with van der Waals surface area (Å²) in [5.41, 5.74) is 0.141. The van der Waals surface area contributed by atoms with Gasteiger partial charge in [-0.1, -0.05) is 20.8 Å². The molecule has 1 aromatic heterocycles. The molecule has 0 unspecified atom stereocenters. The number of nitro groups is 1. The highest BCUT2D eigenvalue weighted by molar-refractivity contribution is 5.48. The predicted molar refractivity (Wildman–Crippen MR) is 74.6 cm³/mol. The van der Waals surface area contributed by atoms with Crippen molar-refractivity contribution >= 4 is 11.5 Å². The van der Waals surface area contributed by atoms with Crippen LogP contribution in [-0.4, -0.2) is 23.1 Å². The molecule has 0 bridgehead atoms. The molecule has 0 spiro atoms. The first-order valence-corrected chi connectivity index (χ1v) is 6.35. The van der Waals surface area contributed by atoms with Crippen LogP contribution in [-0.2, 0) is 0 Å². The summed E-state index contributed by atoms with van der Waals surface area (Å²) in [6.07, 6.45) is 0.855. The van der Waals surface area contributed by atoms with Gasteiger partial charge in [-0.05, 0) is 18.8 Å². The first kappa shape index (κ1) is 15.2. The van der Waals surface area contributed by atoms with Crippen molar-refractivity contribution in [2.75, 3.05) is 18.5 Å². The topological polar surface area (TPSA) is 77.3 Å². The Labute approximate surface area is 113 Å². The fraction of sp³-hybridized carbons (Fsp3) is 0.615. The molecule has 1 aromatic rings. The van der Waals surface area contributed by atoms with Crippen LogP contribution in [0.5, 0.6) is 5.88 Å². The van der Waals surface area contributed by atoms with E-state index < -0.39 is 4.92 Å². The smallest absolute Gasteiger partial charge is 0.278 e. The SMILES string of the molecule is CCNc1cc([N+](=O)[O-])cc(OCCC(C)(C)C)n1. The number of hydrogen-bond donors (Lipinski definition) is 1. The summed E-state index contributed by atoms with van der Waals surface area (Å²) in [7, 11) is 0. The van der Waals surface area contributed by atoms with Crippen molar-refractivity contribution in [3.63, 3.8) is 0 Å². The van der Waals surface area contributed by atoms with E-state index in [1.807, 2.05) is 6.92 Å². The third kappa shape index (κ3) is 5.54. The lowest BCUT2D eigenvalue weighted by Crippen LogP contribution is -2.12. The molecule has 0 aromatic carbocycles. The Balaban J connectivity index is 2.78. The Kier molecular flexibility index (Phi) is 5.09. The molecule has 6 nitrogen and oxygen atoms in total. The predicted octanol–water partition coefficient (Wildman–Crippen LogP) is 3.24. The van der Waals surface area contributed by atoms with Crippen LogP contribution in [0.3, 0.4) is 0 Å². The van der Waals surface area contributed by atoms with Crippen LogP contribution in [0.2, 0.25) is 0 Å². The van der Waals surface area contributed by atoms with E-state index in [1.165, 1.54) is 12.1 Å². The average molecular weight is 267 g/mol. The second-order valence-electron chi connectivity index (χ2n) is 5.50. The molecule has 0 aliphatic carbocycles. The number of anilines is 1. The van der Waals surface area contributed by atoms with Crippen molar-refractivity contribution in [3.05, 3.63) is 22.2 Å². The van der Waals surface area contributed by atoms with E-state index in [9.17, 15) is 10.1 Å². The zero-order valence-electron chi connectivity index (χ0n) is 11.9. The minimum atomic E-state index is -0.445. The van der Waals surface area contributed by atoms with Gasteiger partial charge in [-0.2, -0.15) is 4.98 Å². The number of pyridine rings is 1. The van der Waals surface area contributed by atoms with Crippen molar-refractivity contribution in [1.82, 2.24) is 4.98 Å². The van der Waals surface area contributed by atoms with Crippen molar-refractivity contribution in [2.24, 2.45) is 5.41 Å². The highest BCUT2D eigenvalue weighted by Gasteiger charge is 2.14. The average Bonchev–Trinajstić information content (AvgIpc) is 2.27. The highest BCUT2D eigenvalue weighted by atomic mass is 16.6. The van der Waals surface area contributed by atoms with Crippen LogP contribution < -0.4 is 10.1 Å². The monoisotopic (exact) mass is 267 g/mol. The first-order chi connectivity index (χ1) is 8.81. The van der Waals surface area contributed by atoms with Gasteiger partial charge in [0.05, 0.1) is 23.7 Å². The number of hydrogen-bond acceptors (Lipinski definition) is 5. The van der Waals surface area contributed by atoms with Crippen LogP contribution in [0.4, 0.5) is 11.5 Å². The zero-order valence-corrected chi connectivity index (χ0v) is 11.9. The largest absolute Gasteiger partial charge is 0.477 e. The van der Waals surface area contributed by atoms with E-state index >= 15 is 0 Å². The fourth-order valence-electron chi connectivity index (χ4n) is 1.40. The molecular weight excluding hydrogens is 246 g/mol. The fourth-order valence-corrected chi connectivity index (χ4v) is 1.40. The second kappa shape index (κ2) is 6.36. The van der Waals surface area contributed by atoms with E-state index in [2.05, 4.69) is 31.1 Å². The molecule has 0 radical (unpaired) electrons. The van der Waals surface area contributed by atoms with Gasteiger partial charge in [0.1, 0.15) is 5.82 Å². The summed E-state index contributed by atoms with van der Waals surface area (Å²) in [4.78, 5) is 14.6. The number of rotatable bonds is 6. The molecule has 0 saturated heterocycles. The van der Waals surface area contributed by atoms with Crippen LogP contribution in [0.1, 0.15) is 34.1 Å². The van der Waals surface area contributed by atoms with Crippen LogP contribution in [0.25, 0.3) is 0 Å². The Morgan fingerprint density at radius 2 is 2.11 bits per heavy atom. The molecule has 0 aliphatic heterocycles. The standard InChI is InChI=1S/C13H21N3O3/c1-5-14-11-8-10(16(17)18)9-12(15-11)19-7-6-13(2,3)4/h8-9H,5-7H2,1-4H3,(H,14,15). The molecule has 1 N–H and O–H groups in total. The zero-order chi connectivity index (χ0) is 14.5. The minimum absolute atomic E-state index is 0.0169. The van der Waals surface area contributed by atoms with Gasteiger partial charge in [0.2, 0.25) is 5.88 Å². The van der Waals surface area contributed by atoms with Gasteiger partial charge >= 0.3 is 0 Å². The summed E-state index contributed by atoms with van der Waals surface area (Å²) >= 11 is 0. The maximum Gasteiger partial charge on any atom is 0.278 e. The summed E-state index contributed by atoms with van der Waals surface area (Å²) in [6.45, 7) is 9.38. The lowest BCUT2D eigenvalue weighted by molar-refractivity contribution is -0.384. The normalized spacial score (nSPS) is 11.2. The molecule has 0 saturated carbocycles. The second-order valence-corrected chi connectivity index (χ2v) is 5.50. The molecule has 0 atom stereocenters. The van der Waals surface area contributed by atoms with Crippen LogP contribution in [0, 0.1) is 15.5 Å². The van der Waals surface area contributed by atoms with Gasteiger partial charge < -0.3 is 10.1 Å². The van der Waals surface area contributed by atoms with Crippen molar-refractivity contribution in [3.8, 4) is 5.88 Å². The van der Waals surface area contributed by atoms with E-state index in [0.29, 0.717) is 19.0 Å². The third-order valence-corrected chi connectivity index (χ3v) is 2.46. The molecule has 1 heterocycles. The third-order valence-electron chi connectivity index (χ3n) is 2.46. The van der Waals surface area contributed by atoms with Gasteiger partial charge in [0.15, 0.2) is 0 Å². The summed E-state index contributed by atoms with van der Waals surface area (Å²) < 4.78 is 5.50. The van der Waals surface area contributed by atoms with E-state index in [0.717, 1.165) is 6.42 Å². The maximum atomic E-state index is 10.8. The van der Waals surface area contributed by atoms with Crippen molar-refractivity contribution in [2.45, 2.75) is 34.1 Å². The number of nitrogens with one attached hydrogen (secondary N) is 1. The molecule has 106 valence electrons. The summed E-state index contributed by atoms with van der Waals surface area (Å²) in [5, 5.41) is 13.8. The Morgan fingerprint density at radius 3 is 2.63 bits per heavy atom. The van der Waals surface area contributed by atoms with Gasteiger partial charge in [0, 0.05) is 6.54 Å². The van der Waals surface area contributed by atoms with Crippen molar-refractivity contribution in [1.29, 1.82) is 0 Å². The van der Waals surface area contributed by atoms with Gasteiger partial charge in [-0.3, -0.25) is 10.1 Å². The van der Waals surface area contributed by atoms with E-state index in [-0.39, 0.29) is 17.0 Å². The van der Waals surface area contributed by atoms with Gasteiger partial charge in [-0.25, -0.2) is 0 Å². The number of aromatic nitrogens is 1. The van der Waals surface area contributed by atoms with Gasteiger partial charge in [-0.15, -0.1) is 0 Å². The number of nitrogens with zero attached hydrogens (tertiary/aromatic N) is 2. The number of ether oxygens (including phenoxy) is 1. The maximum absolute atomic E-state index is 10.8. The Hall–Kier alpha value is -1.85. The highest BCUT2D eigenvalue weighted by Crippen LogP contribution is 2.23. The van der Waals surface area contributed by atoms with E-state index in [4.69, 9.17) is 4.74 Å². The lowest BCUT2D eigenvalue weighted by Gasteiger charge is -2.17. The lowest BCUT2D eigenvalue weighted by atomic mass is 9.93. The molecular formula is C13H21N3O3.